The van der Waals surface area contributed by atoms with Crippen LogP contribution in [0.15, 0.2) is 49.2 Å². The minimum Gasteiger partial charge on any atom is -0.320 e. The van der Waals surface area contributed by atoms with Crippen LogP contribution in [0.2, 0.25) is 0 Å². The van der Waals surface area contributed by atoms with E-state index in [9.17, 15) is 4.79 Å². The summed E-state index contributed by atoms with van der Waals surface area (Å²) in [6.07, 6.45) is 7.90. The first-order valence-corrected chi connectivity index (χ1v) is 5.34. The molecule has 3 aromatic heterocycles. The molecule has 6 heteroatoms. The molecular weight excluding hydrogens is 230 g/mol. The molecule has 0 atom stereocenters. The summed E-state index contributed by atoms with van der Waals surface area (Å²) in [5.74, 6) is -0.285. The molecule has 3 heterocycles. The number of anilines is 1. The van der Waals surface area contributed by atoms with Crippen LogP contribution in [0.25, 0.3) is 5.52 Å². The quantitative estimate of drug-likeness (QED) is 0.733. The molecule has 3 rings (SSSR count). The molecule has 1 N–H and O–H groups in total. The van der Waals surface area contributed by atoms with Crippen molar-refractivity contribution in [2.24, 2.45) is 0 Å². The molecule has 88 valence electrons. The van der Waals surface area contributed by atoms with Crippen LogP contribution < -0.4 is 5.32 Å². The van der Waals surface area contributed by atoms with Gasteiger partial charge in [0.2, 0.25) is 0 Å². The number of nitrogens with one attached hydrogen (secondary N) is 1. The summed E-state index contributed by atoms with van der Waals surface area (Å²) in [7, 11) is 0. The third-order valence-corrected chi connectivity index (χ3v) is 2.45. The number of hydrogen-bond acceptors (Lipinski definition) is 4. The highest BCUT2D eigenvalue weighted by molar-refractivity contribution is 6.02. The van der Waals surface area contributed by atoms with Crippen molar-refractivity contribution in [1.29, 1.82) is 0 Å². The van der Waals surface area contributed by atoms with E-state index < -0.39 is 0 Å². The van der Waals surface area contributed by atoms with Gasteiger partial charge in [0.15, 0.2) is 0 Å². The number of rotatable bonds is 2. The number of aromatic nitrogens is 4. The molecule has 0 aliphatic carbocycles. The molecule has 1 amide bonds. The molecule has 18 heavy (non-hydrogen) atoms. The number of pyridine rings is 1. The van der Waals surface area contributed by atoms with Crippen LogP contribution in [0.1, 0.15) is 10.5 Å². The highest BCUT2D eigenvalue weighted by Gasteiger charge is 2.07. The molecule has 0 bridgehead atoms. The first-order chi connectivity index (χ1) is 8.83. The molecule has 0 unspecified atom stereocenters. The van der Waals surface area contributed by atoms with Crippen LogP contribution in [-0.4, -0.2) is 25.5 Å². The normalized spacial score (nSPS) is 10.4. The van der Waals surface area contributed by atoms with Crippen LogP contribution in [0.5, 0.6) is 0 Å². The molecule has 3 aromatic rings. The first-order valence-electron chi connectivity index (χ1n) is 5.34. The molecule has 0 aliphatic heterocycles. The van der Waals surface area contributed by atoms with Gasteiger partial charge in [-0.3, -0.25) is 9.78 Å². The van der Waals surface area contributed by atoms with Crippen molar-refractivity contribution < 1.29 is 4.79 Å². The summed E-state index contributed by atoms with van der Waals surface area (Å²) in [5.41, 5.74) is 1.89. The Labute approximate surface area is 102 Å². The Balaban J connectivity index is 1.86. The van der Waals surface area contributed by atoms with Crippen LogP contribution in [-0.2, 0) is 0 Å². The minimum absolute atomic E-state index is 0.283. The molecule has 0 spiro atoms. The van der Waals surface area contributed by atoms with Gasteiger partial charge in [0.25, 0.3) is 5.91 Å². The molecule has 0 aliphatic rings. The fourth-order valence-electron chi connectivity index (χ4n) is 1.61. The van der Waals surface area contributed by atoms with Gasteiger partial charge < -0.3 is 5.32 Å². The van der Waals surface area contributed by atoms with E-state index in [0.29, 0.717) is 5.69 Å². The second kappa shape index (κ2) is 4.25. The highest BCUT2D eigenvalue weighted by atomic mass is 16.1. The van der Waals surface area contributed by atoms with Crippen molar-refractivity contribution in [2.75, 3.05) is 5.32 Å². The predicted molar refractivity (Wildman–Crippen MR) is 65.2 cm³/mol. The van der Waals surface area contributed by atoms with E-state index >= 15 is 0 Å². The zero-order valence-electron chi connectivity index (χ0n) is 9.32. The summed E-state index contributed by atoms with van der Waals surface area (Å²) >= 11 is 0. The third-order valence-electron chi connectivity index (χ3n) is 2.45. The first kappa shape index (κ1) is 10.4. The van der Waals surface area contributed by atoms with Crippen molar-refractivity contribution in [3.8, 4) is 0 Å². The Bertz CT molecular complexity index is 692. The minimum atomic E-state index is -0.285. The molecule has 0 aromatic carbocycles. The van der Waals surface area contributed by atoms with Crippen LogP contribution in [0.4, 0.5) is 5.69 Å². The lowest BCUT2D eigenvalue weighted by Gasteiger charge is -2.04. The van der Waals surface area contributed by atoms with Gasteiger partial charge in [-0.05, 0) is 18.2 Å². The fraction of sp³-hybridized carbons (Fsp3) is 0. The molecule has 0 saturated carbocycles. The van der Waals surface area contributed by atoms with Crippen molar-refractivity contribution in [3.63, 3.8) is 0 Å². The Kier molecular flexibility index (Phi) is 2.45. The average Bonchev–Trinajstić information content (AvgIpc) is 2.87. The van der Waals surface area contributed by atoms with Gasteiger partial charge >= 0.3 is 0 Å². The molecular formula is C12H9N5O. The number of carbonyl (C=O) groups is 1. The number of fused-ring (bicyclic) bond motifs is 1. The van der Waals surface area contributed by atoms with E-state index in [-0.39, 0.29) is 11.6 Å². The predicted octanol–water partition coefficient (Wildman–Crippen LogP) is 1.38. The Morgan fingerprint density at radius 3 is 3.00 bits per heavy atom. The number of hydrogen-bond donors (Lipinski definition) is 1. The maximum absolute atomic E-state index is 11.9. The average molecular weight is 239 g/mol. The van der Waals surface area contributed by atoms with Crippen molar-refractivity contribution in [2.45, 2.75) is 0 Å². The maximum atomic E-state index is 11.9. The van der Waals surface area contributed by atoms with E-state index in [1.807, 2.05) is 12.1 Å². The number of nitrogens with zero attached hydrogens (tertiary/aromatic N) is 4. The van der Waals surface area contributed by atoms with E-state index in [1.165, 1.54) is 18.6 Å². The Morgan fingerprint density at radius 1 is 1.22 bits per heavy atom. The SMILES string of the molecule is O=C(Nc1ccn2nccc2c1)c1cnccn1. The summed E-state index contributed by atoms with van der Waals surface area (Å²) in [6, 6.07) is 5.47. The zero-order valence-corrected chi connectivity index (χ0v) is 9.32. The van der Waals surface area contributed by atoms with Crippen molar-refractivity contribution in [3.05, 3.63) is 54.9 Å². The molecule has 0 radical (unpaired) electrons. The lowest BCUT2D eigenvalue weighted by Crippen LogP contribution is -2.13. The summed E-state index contributed by atoms with van der Waals surface area (Å²) in [5, 5.41) is 6.84. The largest absolute Gasteiger partial charge is 0.320 e. The van der Waals surface area contributed by atoms with E-state index in [2.05, 4.69) is 20.4 Å². The van der Waals surface area contributed by atoms with Crippen LogP contribution in [0, 0.1) is 0 Å². The summed E-state index contributed by atoms with van der Waals surface area (Å²) < 4.78 is 1.72. The fourth-order valence-corrected chi connectivity index (χ4v) is 1.61. The van der Waals surface area contributed by atoms with E-state index in [0.717, 1.165) is 5.52 Å². The van der Waals surface area contributed by atoms with Gasteiger partial charge in [0.05, 0.1) is 11.7 Å². The number of amides is 1. The van der Waals surface area contributed by atoms with Gasteiger partial charge in [0.1, 0.15) is 5.69 Å². The lowest BCUT2D eigenvalue weighted by atomic mass is 10.3. The van der Waals surface area contributed by atoms with Crippen LogP contribution >= 0.6 is 0 Å². The maximum Gasteiger partial charge on any atom is 0.275 e. The topological polar surface area (TPSA) is 72.2 Å². The van der Waals surface area contributed by atoms with Gasteiger partial charge in [-0.15, -0.1) is 0 Å². The molecule has 0 fully saturated rings. The van der Waals surface area contributed by atoms with Crippen LogP contribution in [0.3, 0.4) is 0 Å². The number of carbonyl (C=O) groups excluding carboxylic acids is 1. The van der Waals surface area contributed by atoms with Gasteiger partial charge in [-0.2, -0.15) is 5.10 Å². The van der Waals surface area contributed by atoms with Gasteiger partial charge in [-0.1, -0.05) is 0 Å². The molecule has 6 nitrogen and oxygen atoms in total. The second-order valence-corrected chi connectivity index (χ2v) is 3.66. The monoisotopic (exact) mass is 239 g/mol. The summed E-state index contributed by atoms with van der Waals surface area (Å²) in [6.45, 7) is 0. The smallest absolute Gasteiger partial charge is 0.275 e. The summed E-state index contributed by atoms with van der Waals surface area (Å²) in [4.78, 5) is 19.6. The lowest BCUT2D eigenvalue weighted by molar-refractivity contribution is 0.102. The Morgan fingerprint density at radius 2 is 2.17 bits per heavy atom. The Hall–Kier alpha value is -2.76. The standard InChI is InChI=1S/C12H9N5O/c18-12(11-8-13-4-5-14-11)16-9-2-6-17-10(7-9)1-3-15-17/h1-8H,(H,16,18). The molecule has 0 saturated heterocycles. The second-order valence-electron chi connectivity index (χ2n) is 3.66. The van der Waals surface area contributed by atoms with Crippen molar-refractivity contribution >= 4 is 17.1 Å². The van der Waals surface area contributed by atoms with Crippen molar-refractivity contribution in [1.82, 2.24) is 19.6 Å². The van der Waals surface area contributed by atoms with E-state index in [1.54, 1.807) is 23.0 Å². The van der Waals surface area contributed by atoms with Gasteiger partial charge in [0, 0.05) is 30.5 Å². The third kappa shape index (κ3) is 1.91. The highest BCUT2D eigenvalue weighted by Crippen LogP contribution is 2.12. The zero-order chi connectivity index (χ0) is 12.4. The van der Waals surface area contributed by atoms with E-state index in [4.69, 9.17) is 0 Å². The van der Waals surface area contributed by atoms with Gasteiger partial charge in [-0.25, -0.2) is 9.50 Å².